The van der Waals surface area contributed by atoms with E-state index >= 15 is 0 Å². The lowest BCUT2D eigenvalue weighted by Crippen LogP contribution is -2.46. The predicted octanol–water partition coefficient (Wildman–Crippen LogP) is 2.51. The minimum atomic E-state index is -0.213. The summed E-state index contributed by atoms with van der Waals surface area (Å²) >= 11 is 0. The van der Waals surface area contributed by atoms with Crippen LogP contribution in [0.25, 0.3) is 0 Å². The van der Waals surface area contributed by atoms with Crippen LogP contribution >= 0.6 is 0 Å². The summed E-state index contributed by atoms with van der Waals surface area (Å²) in [5.41, 5.74) is 8.59. The molecule has 0 bridgehead atoms. The summed E-state index contributed by atoms with van der Waals surface area (Å²) in [7, 11) is 1.72. The molecule has 20 heavy (non-hydrogen) atoms. The quantitative estimate of drug-likeness (QED) is 0.862. The van der Waals surface area contributed by atoms with E-state index in [-0.39, 0.29) is 11.5 Å². The van der Waals surface area contributed by atoms with Crippen molar-refractivity contribution >= 4 is 17.3 Å². The fourth-order valence-corrected chi connectivity index (χ4v) is 3.25. The third-order valence-electron chi connectivity index (χ3n) is 4.70. The Labute approximate surface area is 119 Å². The van der Waals surface area contributed by atoms with Gasteiger partial charge in [0.05, 0.1) is 12.0 Å². The third-order valence-corrected chi connectivity index (χ3v) is 4.70. The van der Waals surface area contributed by atoms with Gasteiger partial charge in [-0.1, -0.05) is 6.07 Å². The summed E-state index contributed by atoms with van der Waals surface area (Å²) in [6.45, 7) is 0.787. The average molecular weight is 274 g/mol. The Balaban J connectivity index is 1.81. The molecule has 108 valence electrons. The third kappa shape index (κ3) is 2.29. The monoisotopic (exact) mass is 274 g/mol. The Morgan fingerprint density at radius 3 is 2.85 bits per heavy atom. The van der Waals surface area contributed by atoms with E-state index in [9.17, 15) is 4.79 Å². The topological polar surface area (TPSA) is 55.6 Å². The molecule has 4 nitrogen and oxygen atoms in total. The first-order valence-electron chi connectivity index (χ1n) is 7.37. The first-order chi connectivity index (χ1) is 9.63. The number of ether oxygens (including phenoxy) is 1. The number of amides is 1. The highest BCUT2D eigenvalue weighted by Gasteiger charge is 2.40. The maximum atomic E-state index is 12.6. The summed E-state index contributed by atoms with van der Waals surface area (Å²) in [5, 5.41) is 0. The number of hydrogen-bond acceptors (Lipinski definition) is 3. The number of rotatable bonds is 3. The molecule has 3 rings (SSSR count). The molecule has 0 atom stereocenters. The van der Waals surface area contributed by atoms with Gasteiger partial charge in [-0.3, -0.25) is 4.79 Å². The molecule has 1 aromatic carbocycles. The molecule has 2 N–H and O–H groups in total. The Hall–Kier alpha value is -1.55. The largest absolute Gasteiger partial charge is 0.399 e. The second-order valence-corrected chi connectivity index (χ2v) is 5.95. The molecule has 2 aliphatic rings. The molecule has 0 saturated heterocycles. The number of anilines is 2. The van der Waals surface area contributed by atoms with E-state index in [1.54, 1.807) is 7.11 Å². The molecule has 4 heteroatoms. The minimum absolute atomic E-state index is 0.165. The molecule has 1 aliphatic carbocycles. The highest BCUT2D eigenvalue weighted by molar-refractivity contribution is 5.95. The number of nitrogens with zero attached hydrogens (tertiary/aromatic N) is 1. The van der Waals surface area contributed by atoms with E-state index in [4.69, 9.17) is 10.5 Å². The normalized spacial score (nSPS) is 20.1. The van der Waals surface area contributed by atoms with Crippen LogP contribution in [0, 0.1) is 0 Å². The number of hydrogen-bond donors (Lipinski definition) is 1. The molecule has 0 aromatic heterocycles. The maximum absolute atomic E-state index is 12.6. The molecule has 0 radical (unpaired) electrons. The second kappa shape index (κ2) is 5.09. The minimum Gasteiger partial charge on any atom is -0.399 e. The van der Waals surface area contributed by atoms with Gasteiger partial charge in [-0.15, -0.1) is 0 Å². The van der Waals surface area contributed by atoms with Crippen LogP contribution in [0.5, 0.6) is 0 Å². The van der Waals surface area contributed by atoms with Crippen molar-refractivity contribution in [1.82, 2.24) is 0 Å². The fourth-order valence-electron chi connectivity index (χ4n) is 3.25. The summed E-state index contributed by atoms with van der Waals surface area (Å²) in [4.78, 5) is 14.5. The molecule has 1 aliphatic heterocycles. The van der Waals surface area contributed by atoms with Gasteiger partial charge in [0.15, 0.2) is 0 Å². The number of carbonyl (C=O) groups excluding carboxylic acids is 1. The summed E-state index contributed by atoms with van der Waals surface area (Å²) in [6.07, 6.45) is 5.67. The zero-order valence-corrected chi connectivity index (χ0v) is 12.0. The van der Waals surface area contributed by atoms with Gasteiger partial charge in [-0.2, -0.15) is 0 Å². The van der Waals surface area contributed by atoms with E-state index in [2.05, 4.69) is 0 Å². The second-order valence-electron chi connectivity index (χ2n) is 5.95. The van der Waals surface area contributed by atoms with Crippen molar-refractivity contribution in [2.45, 2.75) is 44.1 Å². The number of fused-ring (bicyclic) bond motifs is 1. The summed E-state index contributed by atoms with van der Waals surface area (Å²) in [6, 6.07) is 5.88. The lowest BCUT2D eigenvalue weighted by molar-refractivity contribution is -0.131. The highest BCUT2D eigenvalue weighted by atomic mass is 16.5. The van der Waals surface area contributed by atoms with Gasteiger partial charge in [-0.25, -0.2) is 0 Å². The first-order valence-corrected chi connectivity index (χ1v) is 7.37. The van der Waals surface area contributed by atoms with Crippen molar-refractivity contribution in [3.05, 3.63) is 23.8 Å². The number of nitrogens with two attached hydrogens (primary N) is 1. The smallest absolute Gasteiger partial charge is 0.229 e. The van der Waals surface area contributed by atoms with Gasteiger partial charge in [0.2, 0.25) is 5.91 Å². The van der Waals surface area contributed by atoms with Crippen LogP contribution in [-0.2, 0) is 16.0 Å². The van der Waals surface area contributed by atoms with Crippen molar-refractivity contribution < 1.29 is 9.53 Å². The van der Waals surface area contributed by atoms with E-state index < -0.39 is 0 Å². The van der Waals surface area contributed by atoms with Crippen molar-refractivity contribution in [3.8, 4) is 0 Å². The number of methoxy groups -OCH3 is 1. The van der Waals surface area contributed by atoms with Gasteiger partial charge in [-0.05, 0) is 49.8 Å². The fraction of sp³-hybridized carbons (Fsp3) is 0.562. The highest BCUT2D eigenvalue weighted by Crippen LogP contribution is 2.39. The van der Waals surface area contributed by atoms with Crippen LogP contribution < -0.4 is 10.6 Å². The number of nitrogen functional groups attached to an aromatic ring is 1. The molecule has 1 aromatic rings. The first kappa shape index (κ1) is 13.4. The van der Waals surface area contributed by atoms with E-state index in [0.29, 0.717) is 12.1 Å². The molecule has 1 saturated carbocycles. The predicted molar refractivity (Wildman–Crippen MR) is 79.7 cm³/mol. The SMILES string of the molecule is COC1(CC(=O)N2CCCc3ccc(N)cc32)CCC1. The summed E-state index contributed by atoms with van der Waals surface area (Å²) < 4.78 is 5.57. The molecular weight excluding hydrogens is 252 g/mol. The molecule has 1 heterocycles. The van der Waals surface area contributed by atoms with Crippen LogP contribution in [0.4, 0.5) is 11.4 Å². The number of benzene rings is 1. The molecule has 1 amide bonds. The molecule has 0 unspecified atom stereocenters. The van der Waals surface area contributed by atoms with Gasteiger partial charge in [0.25, 0.3) is 0 Å². The van der Waals surface area contributed by atoms with Crippen LogP contribution in [0.1, 0.15) is 37.7 Å². The van der Waals surface area contributed by atoms with Gasteiger partial charge >= 0.3 is 0 Å². The Kier molecular flexibility index (Phi) is 3.42. The summed E-state index contributed by atoms with van der Waals surface area (Å²) in [5.74, 6) is 0.165. The van der Waals surface area contributed by atoms with Crippen molar-refractivity contribution in [2.24, 2.45) is 0 Å². The van der Waals surface area contributed by atoms with Crippen LogP contribution in [-0.4, -0.2) is 25.2 Å². The van der Waals surface area contributed by atoms with Crippen molar-refractivity contribution in [2.75, 3.05) is 24.3 Å². The zero-order chi connectivity index (χ0) is 14.2. The Morgan fingerprint density at radius 2 is 2.20 bits per heavy atom. The Morgan fingerprint density at radius 1 is 1.40 bits per heavy atom. The Bertz CT molecular complexity index is 518. The molecule has 0 spiro atoms. The average Bonchev–Trinajstić information content (AvgIpc) is 2.42. The standard InChI is InChI=1S/C16H22N2O2/c1-20-16(7-3-8-16)11-15(19)18-9-2-4-12-5-6-13(17)10-14(12)18/h5-6,10H,2-4,7-9,11,17H2,1H3. The van der Waals surface area contributed by atoms with Crippen molar-refractivity contribution in [1.29, 1.82) is 0 Å². The van der Waals surface area contributed by atoms with Crippen LogP contribution in [0.15, 0.2) is 18.2 Å². The maximum Gasteiger partial charge on any atom is 0.229 e. The van der Waals surface area contributed by atoms with Gasteiger partial charge < -0.3 is 15.4 Å². The lowest BCUT2D eigenvalue weighted by Gasteiger charge is -2.41. The zero-order valence-electron chi connectivity index (χ0n) is 12.0. The number of carbonyl (C=O) groups is 1. The molecule has 1 fully saturated rings. The van der Waals surface area contributed by atoms with E-state index in [0.717, 1.165) is 44.3 Å². The molecular formula is C16H22N2O2. The lowest BCUT2D eigenvalue weighted by atomic mass is 9.77. The number of aryl methyl sites for hydroxylation is 1. The van der Waals surface area contributed by atoms with E-state index in [1.807, 2.05) is 23.1 Å². The van der Waals surface area contributed by atoms with Crippen LogP contribution in [0.3, 0.4) is 0 Å². The van der Waals surface area contributed by atoms with Gasteiger partial charge in [0, 0.05) is 25.0 Å². The van der Waals surface area contributed by atoms with Crippen molar-refractivity contribution in [3.63, 3.8) is 0 Å². The van der Waals surface area contributed by atoms with Gasteiger partial charge in [0.1, 0.15) is 0 Å². The van der Waals surface area contributed by atoms with E-state index in [1.165, 1.54) is 5.56 Å². The van der Waals surface area contributed by atoms with Crippen LogP contribution in [0.2, 0.25) is 0 Å².